The lowest BCUT2D eigenvalue weighted by molar-refractivity contribution is -0.385. The average molecular weight is 296 g/mol. The van der Waals surface area contributed by atoms with Crippen LogP contribution in [0.4, 0.5) is 10.1 Å². The molecule has 0 saturated carbocycles. The van der Waals surface area contributed by atoms with Gasteiger partial charge in [0, 0.05) is 0 Å². The van der Waals surface area contributed by atoms with Crippen molar-refractivity contribution in [1.29, 1.82) is 0 Å². The predicted molar refractivity (Wildman–Crippen MR) is 70.0 cm³/mol. The molecule has 0 spiro atoms. The minimum Gasteiger partial charge on any atom is -0.448 e. The van der Waals surface area contributed by atoms with Gasteiger partial charge in [-0.1, -0.05) is 17.7 Å². The van der Waals surface area contributed by atoms with Gasteiger partial charge in [-0.2, -0.15) is 0 Å². The molecule has 0 bridgehead atoms. The van der Waals surface area contributed by atoms with Gasteiger partial charge in [0.05, 0.1) is 21.6 Å². The number of benzene rings is 2. The number of hydrogen-bond acceptors (Lipinski definition) is 4. The molecule has 0 atom stereocenters. The number of carbonyl (C=O) groups excluding carboxylic acids is 1. The van der Waals surface area contributed by atoms with E-state index in [1.54, 1.807) is 0 Å². The zero-order valence-corrected chi connectivity index (χ0v) is 10.6. The third kappa shape index (κ3) is 2.75. The highest BCUT2D eigenvalue weighted by atomic mass is 35.5. The summed E-state index contributed by atoms with van der Waals surface area (Å²) in [7, 11) is 0. The Balaban J connectivity index is 2.50. The summed E-state index contributed by atoms with van der Waals surface area (Å²) in [5, 5.41) is 11.0. The largest absolute Gasteiger partial charge is 0.448 e. The van der Waals surface area contributed by atoms with Crippen LogP contribution in [0.1, 0.15) is 10.4 Å². The Morgan fingerprint density at radius 1 is 1.30 bits per heavy atom. The summed E-state index contributed by atoms with van der Waals surface area (Å²) < 4.78 is 18.3. The highest BCUT2D eigenvalue weighted by molar-refractivity contribution is 6.32. The average Bonchev–Trinajstić information content (AvgIpc) is 2.42. The molecule has 0 aliphatic carbocycles. The summed E-state index contributed by atoms with van der Waals surface area (Å²) in [5.41, 5.74) is -0.419. The standard InChI is InChI=1S/C13H7ClFNO4/c14-10-3-1-2-8(7-17)13(10)20-12-5-4-9(15)6-11(12)16(18)19/h1-7H. The fraction of sp³-hybridized carbons (Fsp3) is 0. The van der Waals surface area contributed by atoms with Gasteiger partial charge in [-0.05, 0) is 24.3 Å². The maximum absolute atomic E-state index is 13.0. The topological polar surface area (TPSA) is 69.4 Å². The van der Waals surface area contributed by atoms with Crippen LogP contribution in [0.15, 0.2) is 36.4 Å². The van der Waals surface area contributed by atoms with Crippen molar-refractivity contribution in [3.05, 3.63) is 62.9 Å². The number of nitro groups is 1. The Bertz CT molecular complexity index is 690. The Morgan fingerprint density at radius 2 is 2.05 bits per heavy atom. The Morgan fingerprint density at radius 3 is 2.70 bits per heavy atom. The maximum Gasteiger partial charge on any atom is 0.314 e. The zero-order chi connectivity index (χ0) is 14.7. The van der Waals surface area contributed by atoms with Crippen molar-refractivity contribution >= 4 is 23.6 Å². The number of aldehydes is 1. The van der Waals surface area contributed by atoms with Gasteiger partial charge in [-0.25, -0.2) is 4.39 Å². The number of para-hydroxylation sites is 1. The monoisotopic (exact) mass is 295 g/mol. The molecule has 0 aromatic heterocycles. The van der Waals surface area contributed by atoms with Crippen LogP contribution < -0.4 is 4.74 Å². The number of nitro benzene ring substituents is 1. The summed E-state index contributed by atoms with van der Waals surface area (Å²) in [6.07, 6.45) is 0.510. The van der Waals surface area contributed by atoms with Crippen molar-refractivity contribution in [2.45, 2.75) is 0 Å². The molecule has 2 rings (SSSR count). The van der Waals surface area contributed by atoms with Gasteiger partial charge in [-0.15, -0.1) is 0 Å². The van der Waals surface area contributed by atoms with E-state index in [9.17, 15) is 19.3 Å². The molecule has 2 aromatic rings. The van der Waals surface area contributed by atoms with E-state index in [1.807, 2.05) is 0 Å². The van der Waals surface area contributed by atoms with Crippen molar-refractivity contribution in [2.75, 3.05) is 0 Å². The van der Waals surface area contributed by atoms with Crippen molar-refractivity contribution in [2.24, 2.45) is 0 Å². The third-order valence-electron chi connectivity index (χ3n) is 2.45. The molecule has 0 fully saturated rings. The van der Waals surface area contributed by atoms with E-state index in [0.29, 0.717) is 6.29 Å². The van der Waals surface area contributed by atoms with Crippen molar-refractivity contribution in [3.8, 4) is 11.5 Å². The molecule has 0 saturated heterocycles. The first-order valence-corrected chi connectivity index (χ1v) is 5.76. The summed E-state index contributed by atoms with van der Waals surface area (Å²) in [4.78, 5) is 21.0. The SMILES string of the molecule is O=Cc1cccc(Cl)c1Oc1ccc(F)cc1[N+](=O)[O-]. The van der Waals surface area contributed by atoms with Crippen molar-refractivity contribution in [3.63, 3.8) is 0 Å². The Hall–Kier alpha value is -2.47. The van der Waals surface area contributed by atoms with E-state index in [0.717, 1.165) is 18.2 Å². The first kappa shape index (κ1) is 14.0. The van der Waals surface area contributed by atoms with Crippen molar-refractivity contribution < 1.29 is 18.8 Å². The molecule has 0 heterocycles. The number of nitrogens with zero attached hydrogens (tertiary/aromatic N) is 1. The van der Waals surface area contributed by atoms with Crippen LogP contribution in [0.5, 0.6) is 11.5 Å². The van der Waals surface area contributed by atoms with Crippen LogP contribution >= 0.6 is 11.6 Å². The summed E-state index contributed by atoms with van der Waals surface area (Å²) >= 11 is 5.89. The van der Waals surface area contributed by atoms with Gasteiger partial charge in [0.1, 0.15) is 5.82 Å². The van der Waals surface area contributed by atoms with E-state index in [4.69, 9.17) is 16.3 Å². The van der Waals surface area contributed by atoms with E-state index in [1.165, 1.54) is 18.2 Å². The third-order valence-corrected chi connectivity index (χ3v) is 2.75. The number of hydrogen-bond donors (Lipinski definition) is 0. The molecular weight excluding hydrogens is 289 g/mol. The Kier molecular flexibility index (Phi) is 3.95. The van der Waals surface area contributed by atoms with Crippen molar-refractivity contribution in [1.82, 2.24) is 0 Å². The molecule has 102 valence electrons. The van der Waals surface area contributed by atoms with Gasteiger partial charge in [0.2, 0.25) is 5.75 Å². The minimum absolute atomic E-state index is 0.0149. The minimum atomic E-state index is -0.782. The first-order chi connectivity index (χ1) is 9.52. The van der Waals surface area contributed by atoms with Crippen LogP contribution in [0.2, 0.25) is 5.02 Å². The van der Waals surface area contributed by atoms with Gasteiger partial charge in [0.15, 0.2) is 12.0 Å². The van der Waals surface area contributed by atoms with Gasteiger partial charge in [-0.3, -0.25) is 14.9 Å². The molecule has 2 aromatic carbocycles. The van der Waals surface area contributed by atoms with E-state index in [2.05, 4.69) is 0 Å². The maximum atomic E-state index is 13.0. The number of halogens is 2. The molecule has 20 heavy (non-hydrogen) atoms. The lowest BCUT2D eigenvalue weighted by Crippen LogP contribution is -1.97. The normalized spacial score (nSPS) is 10.1. The van der Waals surface area contributed by atoms with Gasteiger partial charge < -0.3 is 4.74 Å². The fourth-order valence-electron chi connectivity index (χ4n) is 1.56. The second-order valence-corrected chi connectivity index (χ2v) is 4.15. The number of rotatable bonds is 4. The van der Waals surface area contributed by atoms with Crippen LogP contribution in [0.3, 0.4) is 0 Å². The van der Waals surface area contributed by atoms with Gasteiger partial charge in [0.25, 0.3) is 0 Å². The predicted octanol–water partition coefficient (Wildman–Crippen LogP) is 3.99. The van der Waals surface area contributed by atoms with Crippen LogP contribution in [0, 0.1) is 15.9 Å². The summed E-state index contributed by atoms with van der Waals surface area (Å²) in [5.74, 6) is -0.981. The fourth-order valence-corrected chi connectivity index (χ4v) is 1.78. The number of carbonyl (C=O) groups is 1. The molecular formula is C13H7ClFNO4. The highest BCUT2D eigenvalue weighted by Crippen LogP contribution is 2.36. The second kappa shape index (κ2) is 5.66. The second-order valence-electron chi connectivity index (χ2n) is 3.75. The molecule has 0 aliphatic heterocycles. The molecule has 0 N–H and O–H groups in total. The van der Waals surface area contributed by atoms with Crippen LogP contribution in [0.25, 0.3) is 0 Å². The lowest BCUT2D eigenvalue weighted by Gasteiger charge is -2.09. The van der Waals surface area contributed by atoms with E-state index >= 15 is 0 Å². The van der Waals surface area contributed by atoms with E-state index < -0.39 is 16.4 Å². The summed E-state index contributed by atoms with van der Waals surface area (Å²) in [6, 6.07) is 7.30. The Labute approximate surface area is 117 Å². The van der Waals surface area contributed by atoms with E-state index in [-0.39, 0.29) is 22.1 Å². The molecule has 0 unspecified atom stereocenters. The molecule has 0 amide bonds. The molecule has 5 nitrogen and oxygen atoms in total. The summed E-state index contributed by atoms with van der Waals surface area (Å²) in [6.45, 7) is 0. The van der Waals surface area contributed by atoms with Gasteiger partial charge >= 0.3 is 5.69 Å². The first-order valence-electron chi connectivity index (χ1n) is 5.38. The zero-order valence-electron chi connectivity index (χ0n) is 9.88. The molecule has 7 heteroatoms. The number of ether oxygens (including phenoxy) is 1. The smallest absolute Gasteiger partial charge is 0.314 e. The molecule has 0 radical (unpaired) electrons. The quantitative estimate of drug-likeness (QED) is 0.486. The van der Waals surface area contributed by atoms with Crippen LogP contribution in [-0.4, -0.2) is 11.2 Å². The highest BCUT2D eigenvalue weighted by Gasteiger charge is 2.19. The lowest BCUT2D eigenvalue weighted by atomic mass is 10.2. The van der Waals surface area contributed by atoms with Crippen LogP contribution in [-0.2, 0) is 0 Å². The molecule has 0 aliphatic rings.